The van der Waals surface area contributed by atoms with Gasteiger partial charge in [0, 0.05) is 0 Å². The number of rotatable bonds is 7. The van der Waals surface area contributed by atoms with Crippen LogP contribution in [0.3, 0.4) is 0 Å². The molecule has 1 heterocycles. The Morgan fingerprint density at radius 2 is 1.55 bits per heavy atom. The molecule has 0 saturated heterocycles. The van der Waals surface area contributed by atoms with Gasteiger partial charge in [0.05, 0.1) is 26.3 Å². The number of hydrogen-bond donors (Lipinski definition) is 1. The number of amides is 2. The van der Waals surface area contributed by atoms with Gasteiger partial charge in [-0.05, 0) is 54.8 Å². The molecule has 7 nitrogen and oxygen atoms in total. The zero-order valence-electron chi connectivity index (χ0n) is 16.8. The third-order valence-electron chi connectivity index (χ3n) is 4.59. The molecule has 0 saturated carbocycles. The van der Waals surface area contributed by atoms with Crippen molar-refractivity contribution in [2.75, 3.05) is 27.4 Å². The van der Waals surface area contributed by atoms with Gasteiger partial charge in [0.2, 0.25) is 0 Å². The van der Waals surface area contributed by atoms with Crippen LogP contribution in [0.5, 0.6) is 17.2 Å². The molecule has 1 aliphatic heterocycles. The van der Waals surface area contributed by atoms with E-state index in [4.69, 9.17) is 14.2 Å². The zero-order valence-corrected chi connectivity index (χ0v) is 16.8. The number of aliphatic hydroxyl groups excluding tert-OH is 1. The molecular weight excluding hydrogens is 374 g/mol. The highest BCUT2D eigenvalue weighted by Crippen LogP contribution is 2.34. The number of nitrogens with zero attached hydrogens (tertiary/aromatic N) is 1. The summed E-state index contributed by atoms with van der Waals surface area (Å²) in [5, 5.41) is 10.3. The molecule has 0 spiro atoms. The second kappa shape index (κ2) is 8.26. The number of hydrogen-bond acceptors (Lipinski definition) is 6. The first-order chi connectivity index (χ1) is 13.8. The first kappa shape index (κ1) is 20.3. The van der Waals surface area contributed by atoms with Gasteiger partial charge in [0.25, 0.3) is 11.8 Å². The first-order valence-electron chi connectivity index (χ1n) is 9.08. The smallest absolute Gasteiger partial charge is 0.296 e. The van der Waals surface area contributed by atoms with Crippen LogP contribution in [0, 0.1) is 13.8 Å². The molecule has 3 rings (SSSR count). The highest BCUT2D eigenvalue weighted by molar-refractivity contribution is 6.34. The standard InChI is InChI=1S/C22H23NO6/c1-13-9-14(2)11-16(10-13)29-8-7-23-21(25)19(20(24)22(23)26)15-5-6-17(27-3)18(12-15)28-4/h5-6,9-12,24H,7-8H2,1-4H3. The van der Waals surface area contributed by atoms with Gasteiger partial charge in [-0.3, -0.25) is 14.5 Å². The lowest BCUT2D eigenvalue weighted by atomic mass is 10.0. The van der Waals surface area contributed by atoms with Crippen molar-refractivity contribution < 1.29 is 28.9 Å². The lowest BCUT2D eigenvalue weighted by Crippen LogP contribution is -2.35. The molecule has 29 heavy (non-hydrogen) atoms. The molecule has 0 bridgehead atoms. The minimum atomic E-state index is -0.746. The number of carbonyl (C=O) groups excluding carboxylic acids is 2. The predicted molar refractivity (Wildman–Crippen MR) is 107 cm³/mol. The monoisotopic (exact) mass is 397 g/mol. The molecule has 1 N–H and O–H groups in total. The van der Waals surface area contributed by atoms with Crippen molar-refractivity contribution >= 4 is 17.4 Å². The van der Waals surface area contributed by atoms with Crippen molar-refractivity contribution in [3.8, 4) is 17.2 Å². The number of methoxy groups -OCH3 is 2. The second-order valence-corrected chi connectivity index (χ2v) is 6.73. The van der Waals surface area contributed by atoms with E-state index in [9.17, 15) is 14.7 Å². The van der Waals surface area contributed by atoms with E-state index in [1.54, 1.807) is 18.2 Å². The van der Waals surface area contributed by atoms with Gasteiger partial charge in [-0.25, -0.2) is 0 Å². The Labute approximate surface area is 169 Å². The Balaban J connectivity index is 1.74. The summed E-state index contributed by atoms with van der Waals surface area (Å²) in [6.45, 7) is 4.06. The number of aliphatic hydroxyl groups is 1. The molecule has 0 fully saturated rings. The molecule has 7 heteroatoms. The predicted octanol–water partition coefficient (Wildman–Crippen LogP) is 3.04. The van der Waals surface area contributed by atoms with Gasteiger partial charge in [0.1, 0.15) is 12.4 Å². The second-order valence-electron chi connectivity index (χ2n) is 6.73. The van der Waals surface area contributed by atoms with Crippen molar-refractivity contribution in [1.82, 2.24) is 4.90 Å². The van der Waals surface area contributed by atoms with Crippen LogP contribution in [0.4, 0.5) is 0 Å². The lowest BCUT2D eigenvalue weighted by molar-refractivity contribution is -0.138. The summed E-state index contributed by atoms with van der Waals surface area (Å²) in [4.78, 5) is 26.2. The van der Waals surface area contributed by atoms with Gasteiger partial charge < -0.3 is 19.3 Å². The third kappa shape index (κ3) is 4.03. The van der Waals surface area contributed by atoms with Crippen LogP contribution in [0.1, 0.15) is 16.7 Å². The number of aryl methyl sites for hydroxylation is 2. The van der Waals surface area contributed by atoms with E-state index in [1.165, 1.54) is 14.2 Å². The molecule has 0 unspecified atom stereocenters. The van der Waals surface area contributed by atoms with Gasteiger partial charge in [0.15, 0.2) is 17.3 Å². The van der Waals surface area contributed by atoms with Crippen LogP contribution >= 0.6 is 0 Å². The van der Waals surface area contributed by atoms with Gasteiger partial charge >= 0.3 is 0 Å². The van der Waals surface area contributed by atoms with E-state index in [1.807, 2.05) is 32.0 Å². The number of ether oxygens (including phenoxy) is 3. The quantitative estimate of drug-likeness (QED) is 0.723. The van der Waals surface area contributed by atoms with E-state index >= 15 is 0 Å². The van der Waals surface area contributed by atoms with Crippen molar-refractivity contribution in [2.24, 2.45) is 0 Å². The molecule has 2 amide bonds. The van der Waals surface area contributed by atoms with Crippen LogP contribution in [0.15, 0.2) is 42.2 Å². The Bertz CT molecular complexity index is 975. The summed E-state index contributed by atoms with van der Waals surface area (Å²) in [5.41, 5.74) is 2.42. The average molecular weight is 397 g/mol. The van der Waals surface area contributed by atoms with Gasteiger partial charge in [-0.2, -0.15) is 0 Å². The Hall–Kier alpha value is -3.48. The topological polar surface area (TPSA) is 85.3 Å². The molecule has 0 aliphatic carbocycles. The minimum Gasteiger partial charge on any atom is -0.502 e. The molecule has 0 radical (unpaired) electrons. The minimum absolute atomic E-state index is 0.0194. The molecule has 0 atom stereocenters. The molecular formula is C22H23NO6. The summed E-state index contributed by atoms with van der Waals surface area (Å²) in [7, 11) is 2.96. The van der Waals surface area contributed by atoms with Crippen LogP contribution in [0.2, 0.25) is 0 Å². The van der Waals surface area contributed by atoms with Crippen LogP contribution in [-0.2, 0) is 9.59 Å². The van der Waals surface area contributed by atoms with E-state index in [2.05, 4.69) is 0 Å². The maximum absolute atomic E-state index is 12.8. The highest BCUT2D eigenvalue weighted by Gasteiger charge is 2.39. The fourth-order valence-electron chi connectivity index (χ4n) is 3.29. The molecule has 0 aromatic heterocycles. The van der Waals surface area contributed by atoms with Crippen molar-refractivity contribution in [3.63, 3.8) is 0 Å². The van der Waals surface area contributed by atoms with Crippen LogP contribution in [0.25, 0.3) is 5.57 Å². The number of imide groups is 1. The summed E-state index contributed by atoms with van der Waals surface area (Å²) in [6, 6.07) is 10.5. The highest BCUT2D eigenvalue weighted by atomic mass is 16.5. The zero-order chi connectivity index (χ0) is 21.1. The Kier molecular flexibility index (Phi) is 5.77. The largest absolute Gasteiger partial charge is 0.502 e. The normalized spacial score (nSPS) is 13.9. The SMILES string of the molecule is COc1ccc(C2=C(O)C(=O)N(CCOc3cc(C)cc(C)c3)C2=O)cc1OC. The maximum Gasteiger partial charge on any atom is 0.296 e. The fourth-order valence-corrected chi connectivity index (χ4v) is 3.29. The molecule has 2 aromatic carbocycles. The fraction of sp³-hybridized carbons (Fsp3) is 0.273. The van der Waals surface area contributed by atoms with Crippen molar-refractivity contribution in [2.45, 2.75) is 13.8 Å². The summed E-state index contributed by atoms with van der Waals surface area (Å²) < 4.78 is 16.1. The van der Waals surface area contributed by atoms with E-state index in [0.717, 1.165) is 16.0 Å². The molecule has 1 aliphatic rings. The average Bonchev–Trinajstić information content (AvgIpc) is 2.90. The van der Waals surface area contributed by atoms with Crippen molar-refractivity contribution in [3.05, 3.63) is 58.8 Å². The van der Waals surface area contributed by atoms with Crippen molar-refractivity contribution in [1.29, 1.82) is 0 Å². The summed E-state index contributed by atoms with van der Waals surface area (Å²) in [6.07, 6.45) is 0. The molecule has 152 valence electrons. The van der Waals surface area contributed by atoms with E-state index in [0.29, 0.717) is 22.8 Å². The molecule has 2 aromatic rings. The van der Waals surface area contributed by atoms with Gasteiger partial charge in [-0.1, -0.05) is 12.1 Å². The maximum atomic E-state index is 12.8. The van der Waals surface area contributed by atoms with Gasteiger partial charge in [-0.15, -0.1) is 0 Å². The third-order valence-corrected chi connectivity index (χ3v) is 4.59. The first-order valence-corrected chi connectivity index (χ1v) is 9.08. The van der Waals surface area contributed by atoms with Crippen LogP contribution in [-0.4, -0.2) is 49.2 Å². The number of carbonyl (C=O) groups is 2. The Morgan fingerprint density at radius 3 is 2.17 bits per heavy atom. The van der Waals surface area contributed by atoms with E-state index < -0.39 is 17.6 Å². The number of benzene rings is 2. The summed E-state index contributed by atoms with van der Waals surface area (Å²) >= 11 is 0. The Morgan fingerprint density at radius 1 is 0.897 bits per heavy atom. The van der Waals surface area contributed by atoms with E-state index in [-0.39, 0.29) is 18.7 Å². The van der Waals surface area contributed by atoms with Crippen LogP contribution < -0.4 is 14.2 Å². The summed E-state index contributed by atoms with van der Waals surface area (Å²) in [5.74, 6) is -0.381. The lowest BCUT2D eigenvalue weighted by Gasteiger charge is -2.16.